The first-order valence-corrected chi connectivity index (χ1v) is 6.97. The van der Waals surface area contributed by atoms with Gasteiger partial charge in [-0.3, -0.25) is 0 Å². The van der Waals surface area contributed by atoms with Crippen LogP contribution in [0.25, 0.3) is 0 Å². The zero-order valence-electron chi connectivity index (χ0n) is 9.28. The molecule has 0 heterocycles. The van der Waals surface area contributed by atoms with Gasteiger partial charge in [-0.25, -0.2) is 4.79 Å². The van der Waals surface area contributed by atoms with Crippen LogP contribution in [0, 0.1) is 0 Å². The molecule has 0 saturated carbocycles. The molecule has 0 bridgehead atoms. The predicted octanol–water partition coefficient (Wildman–Crippen LogP) is 1.92. The Morgan fingerprint density at radius 3 is 2.07 bits per heavy atom. The fourth-order valence-electron chi connectivity index (χ4n) is 1.21. The molecule has 1 unspecified atom stereocenters. The van der Waals surface area contributed by atoms with E-state index in [1.54, 1.807) is 20.8 Å². The Kier molecular flexibility index (Phi) is 6.05. The van der Waals surface area contributed by atoms with E-state index in [0.717, 1.165) is 0 Å². The van der Waals surface area contributed by atoms with Gasteiger partial charge in [0.15, 0.2) is 0 Å². The minimum Gasteiger partial charge on any atom is -0.467 e. The van der Waals surface area contributed by atoms with E-state index in [0.29, 0.717) is 18.9 Å². The van der Waals surface area contributed by atoms with Crippen molar-refractivity contribution in [2.45, 2.75) is 26.6 Å². The number of carbonyl (C=O) groups is 1. The third-order valence-electron chi connectivity index (χ3n) is 2.23. The Morgan fingerprint density at radius 2 is 1.79 bits per heavy atom. The van der Waals surface area contributed by atoms with Gasteiger partial charge in [0.25, 0.3) is 0 Å². The second-order valence-corrected chi connectivity index (χ2v) is 6.55. The van der Waals surface area contributed by atoms with Gasteiger partial charge in [0.05, 0.1) is 7.11 Å². The lowest BCUT2D eigenvalue weighted by molar-refractivity contribution is -0.148. The summed E-state index contributed by atoms with van der Waals surface area (Å²) >= 11 is 0. The molecule has 0 saturated heterocycles. The van der Waals surface area contributed by atoms with Crippen LogP contribution in [0.15, 0.2) is 0 Å². The second-order valence-electron chi connectivity index (χ2n) is 2.92. The Morgan fingerprint density at radius 1 is 1.29 bits per heavy atom. The minimum atomic E-state index is -2.58. The first-order chi connectivity index (χ1) is 6.55. The van der Waals surface area contributed by atoms with Crippen LogP contribution in [0.3, 0.4) is 0 Å². The van der Waals surface area contributed by atoms with E-state index in [9.17, 15) is 9.36 Å². The molecule has 0 N–H and O–H groups in total. The SMILES string of the molecule is CCOC(C(=O)OC)P(=O)(CC)CC. The van der Waals surface area contributed by atoms with Gasteiger partial charge in [-0.1, -0.05) is 13.8 Å². The van der Waals surface area contributed by atoms with Gasteiger partial charge in [-0.2, -0.15) is 0 Å². The Balaban J connectivity index is 4.78. The first kappa shape index (κ1) is 13.7. The highest BCUT2D eigenvalue weighted by atomic mass is 31.2. The lowest BCUT2D eigenvalue weighted by Crippen LogP contribution is -2.27. The van der Waals surface area contributed by atoms with Gasteiger partial charge in [-0.05, 0) is 6.92 Å². The molecule has 0 radical (unpaired) electrons. The average molecular weight is 222 g/mol. The third kappa shape index (κ3) is 3.10. The number of esters is 1. The molecule has 0 spiro atoms. The number of ether oxygens (including phenoxy) is 2. The highest BCUT2D eigenvalue weighted by molar-refractivity contribution is 7.65. The third-order valence-corrected chi connectivity index (χ3v) is 5.58. The van der Waals surface area contributed by atoms with E-state index < -0.39 is 19.0 Å². The summed E-state index contributed by atoms with van der Waals surface area (Å²) < 4.78 is 22.0. The molecule has 0 aliphatic rings. The summed E-state index contributed by atoms with van der Waals surface area (Å²) in [6.07, 6.45) is 0.923. The fourth-order valence-corrected chi connectivity index (χ4v) is 3.23. The molecule has 0 aromatic rings. The maximum absolute atomic E-state index is 12.2. The summed E-state index contributed by atoms with van der Waals surface area (Å²) in [6.45, 7) is 5.74. The highest BCUT2D eigenvalue weighted by Crippen LogP contribution is 2.50. The van der Waals surface area contributed by atoms with Crippen molar-refractivity contribution < 1.29 is 18.8 Å². The van der Waals surface area contributed by atoms with Gasteiger partial charge in [0.1, 0.15) is 7.14 Å². The molecule has 84 valence electrons. The number of hydrogen-bond acceptors (Lipinski definition) is 4. The van der Waals surface area contributed by atoms with Crippen LogP contribution >= 0.6 is 7.14 Å². The quantitative estimate of drug-likeness (QED) is 0.509. The topological polar surface area (TPSA) is 52.6 Å². The van der Waals surface area contributed by atoms with Crippen molar-refractivity contribution in [2.24, 2.45) is 0 Å². The zero-order chi connectivity index (χ0) is 11.2. The van der Waals surface area contributed by atoms with Crippen molar-refractivity contribution in [3.63, 3.8) is 0 Å². The smallest absolute Gasteiger partial charge is 0.342 e. The number of hydrogen-bond donors (Lipinski definition) is 0. The van der Waals surface area contributed by atoms with E-state index in [-0.39, 0.29) is 0 Å². The molecule has 0 aromatic carbocycles. The van der Waals surface area contributed by atoms with Crippen molar-refractivity contribution >= 4 is 13.1 Å². The zero-order valence-corrected chi connectivity index (χ0v) is 10.2. The Bertz CT molecular complexity index is 219. The molecule has 0 rings (SSSR count). The standard InChI is InChI=1S/C9H19O4P/c1-5-13-9(8(10)12-4)14(11,6-2)7-3/h9H,5-7H2,1-4H3. The second kappa shape index (κ2) is 6.20. The average Bonchev–Trinajstić information content (AvgIpc) is 2.23. The van der Waals surface area contributed by atoms with Crippen molar-refractivity contribution in [1.82, 2.24) is 0 Å². The molecule has 0 aliphatic carbocycles. The van der Waals surface area contributed by atoms with Gasteiger partial charge in [0.2, 0.25) is 5.85 Å². The van der Waals surface area contributed by atoms with E-state index in [4.69, 9.17) is 4.74 Å². The lowest BCUT2D eigenvalue weighted by Gasteiger charge is -2.23. The maximum atomic E-state index is 12.2. The first-order valence-electron chi connectivity index (χ1n) is 4.82. The number of methoxy groups -OCH3 is 1. The van der Waals surface area contributed by atoms with Crippen LogP contribution < -0.4 is 0 Å². The molecule has 0 aliphatic heterocycles. The maximum Gasteiger partial charge on any atom is 0.342 e. The molecular formula is C9H19O4P. The number of rotatable bonds is 6. The molecule has 0 aromatic heterocycles. The van der Waals surface area contributed by atoms with E-state index >= 15 is 0 Å². The van der Waals surface area contributed by atoms with E-state index in [1.807, 2.05) is 0 Å². The molecule has 0 amide bonds. The Labute approximate surface area is 85.3 Å². The summed E-state index contributed by atoms with van der Waals surface area (Å²) in [4.78, 5) is 11.3. The normalized spacial score (nSPS) is 13.7. The molecule has 0 fully saturated rings. The van der Waals surface area contributed by atoms with E-state index in [1.165, 1.54) is 7.11 Å². The molecule has 5 heteroatoms. The van der Waals surface area contributed by atoms with Crippen LogP contribution in [-0.4, -0.2) is 37.9 Å². The summed E-state index contributed by atoms with van der Waals surface area (Å²) in [7, 11) is -1.30. The van der Waals surface area contributed by atoms with Crippen LogP contribution in [-0.2, 0) is 18.8 Å². The van der Waals surface area contributed by atoms with Gasteiger partial charge >= 0.3 is 5.97 Å². The van der Waals surface area contributed by atoms with Crippen LogP contribution in [0.4, 0.5) is 0 Å². The Hall–Kier alpha value is -0.340. The van der Waals surface area contributed by atoms with Crippen LogP contribution in [0.5, 0.6) is 0 Å². The molecule has 14 heavy (non-hydrogen) atoms. The van der Waals surface area contributed by atoms with Crippen LogP contribution in [0.1, 0.15) is 20.8 Å². The summed E-state index contributed by atoms with van der Waals surface area (Å²) in [6, 6.07) is 0. The highest BCUT2D eigenvalue weighted by Gasteiger charge is 2.36. The van der Waals surface area contributed by atoms with E-state index in [2.05, 4.69) is 4.74 Å². The fraction of sp³-hybridized carbons (Fsp3) is 0.889. The van der Waals surface area contributed by atoms with Crippen molar-refractivity contribution in [1.29, 1.82) is 0 Å². The minimum absolute atomic E-state index is 0.365. The summed E-state index contributed by atoms with van der Waals surface area (Å²) in [5, 5.41) is 0. The monoisotopic (exact) mass is 222 g/mol. The van der Waals surface area contributed by atoms with Gasteiger partial charge in [-0.15, -0.1) is 0 Å². The summed E-state index contributed by atoms with van der Waals surface area (Å²) in [5.74, 6) is -1.41. The lowest BCUT2D eigenvalue weighted by atomic mass is 10.7. The van der Waals surface area contributed by atoms with Crippen molar-refractivity contribution in [3.8, 4) is 0 Å². The molecule has 1 atom stereocenters. The van der Waals surface area contributed by atoms with Crippen LogP contribution in [0.2, 0.25) is 0 Å². The van der Waals surface area contributed by atoms with Gasteiger partial charge < -0.3 is 14.0 Å². The van der Waals surface area contributed by atoms with Gasteiger partial charge in [0, 0.05) is 18.9 Å². The molecule has 4 nitrogen and oxygen atoms in total. The van der Waals surface area contributed by atoms with Crippen molar-refractivity contribution in [3.05, 3.63) is 0 Å². The summed E-state index contributed by atoms with van der Waals surface area (Å²) in [5.41, 5.74) is 0. The molecular weight excluding hydrogens is 203 g/mol. The predicted molar refractivity (Wildman–Crippen MR) is 56.1 cm³/mol. The largest absolute Gasteiger partial charge is 0.467 e. The number of carbonyl (C=O) groups excluding carboxylic acids is 1. The van der Waals surface area contributed by atoms with Crippen molar-refractivity contribution in [2.75, 3.05) is 26.0 Å².